The monoisotopic (exact) mass is 285 g/mol. The van der Waals surface area contributed by atoms with Crippen LogP contribution in [0.4, 0.5) is 0 Å². The third kappa shape index (κ3) is 1.95. The molecular formula is C13H16ClNO2S. The summed E-state index contributed by atoms with van der Waals surface area (Å²) < 4.78 is 25.0. The summed E-state index contributed by atoms with van der Waals surface area (Å²) in [6, 6.07) is 1.51. The normalized spacial score (nSPS) is 26.2. The van der Waals surface area contributed by atoms with Crippen LogP contribution in [0.15, 0.2) is 23.4 Å². The summed E-state index contributed by atoms with van der Waals surface area (Å²) in [6.45, 7) is 0. The Kier molecular flexibility index (Phi) is 2.90. The molecule has 0 aromatic carbocycles. The Bertz CT molecular complexity index is 566. The van der Waals surface area contributed by atoms with Gasteiger partial charge in [0.2, 0.25) is 0 Å². The van der Waals surface area contributed by atoms with E-state index in [1.165, 1.54) is 37.7 Å². The van der Waals surface area contributed by atoms with Crippen molar-refractivity contribution in [1.29, 1.82) is 0 Å². The molecule has 1 spiro atoms. The van der Waals surface area contributed by atoms with E-state index in [0.717, 1.165) is 19.3 Å². The second-order valence-corrected chi connectivity index (χ2v) is 8.27. The highest BCUT2D eigenvalue weighted by Crippen LogP contribution is 2.55. The third-order valence-corrected chi connectivity index (χ3v) is 6.89. The van der Waals surface area contributed by atoms with Crippen LogP contribution in [0.5, 0.6) is 0 Å². The molecule has 0 N–H and O–H groups in total. The lowest BCUT2D eigenvalue weighted by atomic mass is 9.68. The quantitative estimate of drug-likeness (QED) is 0.838. The van der Waals surface area contributed by atoms with E-state index in [-0.39, 0.29) is 10.1 Å². The average molecular weight is 286 g/mol. The fourth-order valence-electron chi connectivity index (χ4n) is 3.29. The fraction of sp³-hybridized carbons (Fsp3) is 0.615. The maximum absolute atomic E-state index is 12.5. The van der Waals surface area contributed by atoms with Crippen LogP contribution >= 0.6 is 11.6 Å². The third-order valence-electron chi connectivity index (χ3n) is 4.52. The number of hydrogen-bond acceptors (Lipinski definition) is 3. The van der Waals surface area contributed by atoms with Crippen LogP contribution < -0.4 is 0 Å². The first-order valence-electron chi connectivity index (χ1n) is 6.36. The van der Waals surface area contributed by atoms with Gasteiger partial charge in [-0.05, 0) is 43.6 Å². The van der Waals surface area contributed by atoms with Crippen molar-refractivity contribution in [3.8, 4) is 0 Å². The lowest BCUT2D eigenvalue weighted by Crippen LogP contribution is -2.28. The van der Waals surface area contributed by atoms with Crippen molar-refractivity contribution < 1.29 is 8.42 Å². The number of hydrogen-bond donors (Lipinski definition) is 0. The van der Waals surface area contributed by atoms with Gasteiger partial charge in [-0.3, -0.25) is 4.98 Å². The van der Waals surface area contributed by atoms with E-state index in [1.807, 2.05) is 0 Å². The molecule has 2 aliphatic rings. The summed E-state index contributed by atoms with van der Waals surface area (Å²) in [5.74, 6) is 0. The number of pyridine rings is 1. The number of halogens is 1. The second kappa shape index (κ2) is 4.20. The Hall–Kier alpha value is -0.610. The van der Waals surface area contributed by atoms with Gasteiger partial charge in [0.1, 0.15) is 0 Å². The average Bonchev–Trinajstić information content (AvgIpc) is 2.74. The molecule has 2 fully saturated rings. The van der Waals surface area contributed by atoms with Gasteiger partial charge in [0, 0.05) is 12.4 Å². The van der Waals surface area contributed by atoms with E-state index < -0.39 is 9.84 Å². The summed E-state index contributed by atoms with van der Waals surface area (Å²) in [5, 5.41) is 0.144. The van der Waals surface area contributed by atoms with Crippen molar-refractivity contribution in [2.24, 2.45) is 5.41 Å². The van der Waals surface area contributed by atoms with Crippen LogP contribution in [-0.4, -0.2) is 18.7 Å². The maximum atomic E-state index is 12.5. The van der Waals surface area contributed by atoms with Gasteiger partial charge in [-0.1, -0.05) is 18.0 Å². The first-order valence-corrected chi connectivity index (χ1v) is 8.29. The van der Waals surface area contributed by atoms with Crippen LogP contribution in [-0.2, 0) is 9.84 Å². The van der Waals surface area contributed by atoms with Crippen molar-refractivity contribution in [2.75, 3.05) is 0 Å². The second-order valence-electron chi connectivity index (χ2n) is 5.60. The SMILES string of the molecule is O=S(=O)(c1cncc(Cl)c1)C1CCC2(CCC2)C1. The molecule has 1 heterocycles. The zero-order chi connectivity index (χ0) is 12.8. The van der Waals surface area contributed by atoms with Crippen LogP contribution in [0.2, 0.25) is 5.02 Å². The van der Waals surface area contributed by atoms with E-state index >= 15 is 0 Å². The van der Waals surface area contributed by atoms with Gasteiger partial charge < -0.3 is 0 Å². The first-order chi connectivity index (χ1) is 8.52. The van der Waals surface area contributed by atoms with Crippen LogP contribution in [0.1, 0.15) is 38.5 Å². The highest BCUT2D eigenvalue weighted by atomic mass is 35.5. The number of rotatable bonds is 2. The van der Waals surface area contributed by atoms with E-state index in [4.69, 9.17) is 11.6 Å². The topological polar surface area (TPSA) is 47.0 Å². The molecule has 1 aromatic rings. The van der Waals surface area contributed by atoms with E-state index in [2.05, 4.69) is 4.98 Å². The predicted octanol–water partition coefficient (Wildman–Crippen LogP) is 3.23. The zero-order valence-electron chi connectivity index (χ0n) is 10.1. The van der Waals surface area contributed by atoms with Crippen LogP contribution in [0.25, 0.3) is 0 Å². The minimum Gasteiger partial charge on any atom is -0.262 e. The number of aromatic nitrogens is 1. The molecule has 0 radical (unpaired) electrons. The van der Waals surface area contributed by atoms with Gasteiger partial charge in [0.15, 0.2) is 9.84 Å². The number of sulfone groups is 1. The summed E-state index contributed by atoms with van der Waals surface area (Å²) in [6.07, 6.45) is 9.20. The van der Waals surface area contributed by atoms with E-state index in [1.54, 1.807) is 0 Å². The molecule has 0 saturated heterocycles. The van der Waals surface area contributed by atoms with Crippen molar-refractivity contribution in [1.82, 2.24) is 4.98 Å². The maximum Gasteiger partial charge on any atom is 0.182 e. The standard InChI is InChI=1S/C13H16ClNO2S/c14-10-6-12(9-15-8-10)18(16,17)11-2-5-13(7-11)3-1-4-13/h6,8-9,11H,1-5,7H2. The molecular weight excluding hydrogens is 270 g/mol. The molecule has 1 unspecified atom stereocenters. The van der Waals surface area contributed by atoms with Gasteiger partial charge in [0.05, 0.1) is 15.2 Å². The van der Waals surface area contributed by atoms with Crippen molar-refractivity contribution >= 4 is 21.4 Å². The van der Waals surface area contributed by atoms with Crippen LogP contribution in [0.3, 0.4) is 0 Å². The molecule has 2 saturated carbocycles. The van der Waals surface area contributed by atoms with Gasteiger partial charge in [-0.25, -0.2) is 8.42 Å². The molecule has 3 rings (SSSR count). The Balaban J connectivity index is 1.87. The molecule has 0 bridgehead atoms. The Labute approximate surface area is 112 Å². The summed E-state index contributed by atoms with van der Waals surface area (Å²) in [5.41, 5.74) is 0.337. The Morgan fingerprint density at radius 1 is 1.28 bits per heavy atom. The molecule has 18 heavy (non-hydrogen) atoms. The summed E-state index contributed by atoms with van der Waals surface area (Å²) in [4.78, 5) is 4.16. The largest absolute Gasteiger partial charge is 0.262 e. The van der Waals surface area contributed by atoms with Crippen molar-refractivity contribution in [3.63, 3.8) is 0 Å². The smallest absolute Gasteiger partial charge is 0.182 e. The first kappa shape index (κ1) is 12.4. The lowest BCUT2D eigenvalue weighted by molar-refractivity contribution is 0.144. The molecule has 2 aliphatic carbocycles. The molecule has 1 aromatic heterocycles. The summed E-state index contributed by atoms with van der Waals surface area (Å²) in [7, 11) is -3.26. The highest BCUT2D eigenvalue weighted by molar-refractivity contribution is 7.92. The minimum absolute atomic E-state index is 0.238. The van der Waals surface area contributed by atoms with Gasteiger partial charge in [-0.2, -0.15) is 0 Å². The minimum atomic E-state index is -3.26. The van der Waals surface area contributed by atoms with Crippen molar-refractivity contribution in [3.05, 3.63) is 23.5 Å². The Morgan fingerprint density at radius 3 is 2.61 bits per heavy atom. The molecule has 1 atom stereocenters. The Morgan fingerprint density at radius 2 is 2.06 bits per heavy atom. The zero-order valence-corrected chi connectivity index (χ0v) is 11.7. The molecule has 0 aliphatic heterocycles. The number of nitrogens with zero attached hydrogens (tertiary/aromatic N) is 1. The van der Waals surface area contributed by atoms with Crippen molar-refractivity contribution in [2.45, 2.75) is 48.7 Å². The fourth-order valence-corrected chi connectivity index (χ4v) is 5.41. The van der Waals surface area contributed by atoms with Crippen LogP contribution in [0, 0.1) is 5.41 Å². The van der Waals surface area contributed by atoms with E-state index in [0.29, 0.717) is 10.4 Å². The molecule has 5 heteroatoms. The van der Waals surface area contributed by atoms with Gasteiger partial charge in [0.25, 0.3) is 0 Å². The van der Waals surface area contributed by atoms with Gasteiger partial charge >= 0.3 is 0 Å². The van der Waals surface area contributed by atoms with E-state index in [9.17, 15) is 8.42 Å². The molecule has 0 amide bonds. The van der Waals surface area contributed by atoms with Gasteiger partial charge in [-0.15, -0.1) is 0 Å². The molecule has 3 nitrogen and oxygen atoms in total. The summed E-state index contributed by atoms with van der Waals surface area (Å²) >= 11 is 5.83. The predicted molar refractivity (Wildman–Crippen MR) is 70.4 cm³/mol. The lowest BCUT2D eigenvalue weighted by Gasteiger charge is -2.38. The highest BCUT2D eigenvalue weighted by Gasteiger charge is 2.47. The molecule has 98 valence electrons.